The van der Waals surface area contributed by atoms with Crippen LogP contribution in [0, 0.1) is 5.92 Å². The number of rotatable bonds is 5. The van der Waals surface area contributed by atoms with E-state index in [0.29, 0.717) is 29.3 Å². The van der Waals surface area contributed by atoms with Gasteiger partial charge in [-0.1, -0.05) is 48.6 Å². The first-order valence-electron chi connectivity index (χ1n) is 9.06. The molecule has 0 saturated carbocycles. The van der Waals surface area contributed by atoms with Crippen molar-refractivity contribution < 1.29 is 14.2 Å². The van der Waals surface area contributed by atoms with Gasteiger partial charge in [0.2, 0.25) is 11.9 Å². The molecular weight excluding hydrogens is 366 g/mol. The average Bonchev–Trinajstić information content (AvgIpc) is 2.98. The molecule has 144 valence electrons. The van der Waals surface area contributed by atoms with Gasteiger partial charge in [0.1, 0.15) is 0 Å². The van der Waals surface area contributed by atoms with Gasteiger partial charge in [0.25, 0.3) is 5.91 Å². The molecule has 2 heterocycles. The molecule has 1 unspecified atom stereocenters. The highest BCUT2D eigenvalue weighted by Gasteiger charge is 2.51. The van der Waals surface area contributed by atoms with Gasteiger partial charge in [-0.15, -0.1) is 0 Å². The number of benzene rings is 1. The molecule has 1 saturated heterocycles. The molecule has 27 heavy (non-hydrogen) atoms. The molecule has 1 aromatic carbocycles. The van der Waals surface area contributed by atoms with Crippen LogP contribution in [0.1, 0.15) is 25.8 Å². The summed E-state index contributed by atoms with van der Waals surface area (Å²) in [6, 6.07) is 6.51. The number of guanidine groups is 1. The van der Waals surface area contributed by atoms with Crippen LogP contribution in [0.5, 0.6) is 0 Å². The Morgan fingerprint density at radius 1 is 1.22 bits per heavy atom. The molecule has 8 heteroatoms. The minimum Gasteiger partial charge on any atom is -0.275 e. The van der Waals surface area contributed by atoms with E-state index in [2.05, 4.69) is 24.2 Å². The number of nitrogens with one attached hydrogen (secondary N) is 1. The number of carbonyl (C=O) groups is 2. The minimum absolute atomic E-state index is 0.287. The number of aliphatic imine (C=N–C) groups is 1. The van der Waals surface area contributed by atoms with Gasteiger partial charge in [-0.05, 0) is 18.4 Å². The lowest BCUT2D eigenvalue weighted by Gasteiger charge is -2.31. The smallest absolute Gasteiger partial charge is 0.275 e. The first-order chi connectivity index (χ1) is 12.8. The normalized spacial score (nSPS) is 19.8. The molecular formula is C19H25ClN5O2+. The first-order valence-corrected chi connectivity index (χ1v) is 9.43. The Kier molecular flexibility index (Phi) is 5.51. The van der Waals surface area contributed by atoms with Gasteiger partial charge < -0.3 is 0 Å². The highest BCUT2D eigenvalue weighted by Crippen LogP contribution is 2.22. The van der Waals surface area contributed by atoms with E-state index in [1.54, 1.807) is 7.05 Å². The molecule has 1 N–H and O–H groups in total. The molecule has 1 atom stereocenters. The minimum atomic E-state index is -0.643. The highest BCUT2D eigenvalue weighted by molar-refractivity contribution is 6.31. The second-order valence-corrected chi connectivity index (χ2v) is 7.67. The molecule has 3 amide bonds. The van der Waals surface area contributed by atoms with Crippen LogP contribution in [-0.4, -0.2) is 64.8 Å². The zero-order chi connectivity index (χ0) is 19.7. The number of likely N-dealkylation sites (N-methyl/N-ethyl adjacent to an activating group) is 2. The fraction of sp³-hybridized carbons (Fsp3) is 0.474. The van der Waals surface area contributed by atoms with E-state index in [9.17, 15) is 9.59 Å². The van der Waals surface area contributed by atoms with Crippen molar-refractivity contribution in [3.05, 3.63) is 34.9 Å². The zero-order valence-electron chi connectivity index (χ0n) is 16.1. The Morgan fingerprint density at radius 2 is 1.93 bits per heavy atom. The number of halogens is 1. The number of amidine groups is 1. The molecule has 0 spiro atoms. The lowest BCUT2D eigenvalue weighted by molar-refractivity contribution is -0.553. The summed E-state index contributed by atoms with van der Waals surface area (Å²) in [5, 5.41) is 3.97. The third-order valence-electron chi connectivity index (χ3n) is 4.83. The molecule has 0 radical (unpaired) electrons. The van der Waals surface area contributed by atoms with E-state index in [0.717, 1.165) is 23.4 Å². The fourth-order valence-corrected chi connectivity index (χ4v) is 3.38. The molecule has 1 aromatic rings. The number of urea groups is 1. The first kappa shape index (κ1) is 19.4. The maximum Gasteiger partial charge on any atom is 0.390 e. The van der Waals surface area contributed by atoms with E-state index in [1.165, 1.54) is 11.9 Å². The Hall–Kier alpha value is -2.41. The van der Waals surface area contributed by atoms with Crippen molar-refractivity contribution in [2.45, 2.75) is 32.9 Å². The Morgan fingerprint density at radius 3 is 2.59 bits per heavy atom. The maximum absolute atomic E-state index is 12.9. The van der Waals surface area contributed by atoms with Crippen LogP contribution < -0.4 is 5.32 Å². The van der Waals surface area contributed by atoms with E-state index < -0.39 is 6.04 Å². The molecule has 0 bridgehead atoms. The number of carbonyl (C=O) groups excluding carboxylic acids is 2. The van der Waals surface area contributed by atoms with Crippen molar-refractivity contribution in [2.75, 3.05) is 20.6 Å². The number of imide groups is 1. The van der Waals surface area contributed by atoms with Gasteiger partial charge in [-0.3, -0.25) is 19.9 Å². The molecule has 3 rings (SSSR count). The average molecular weight is 391 g/mol. The van der Waals surface area contributed by atoms with E-state index in [4.69, 9.17) is 11.6 Å². The summed E-state index contributed by atoms with van der Waals surface area (Å²) < 4.78 is 1.89. The largest absolute Gasteiger partial charge is 0.390 e. The Labute approximate surface area is 164 Å². The van der Waals surface area contributed by atoms with Crippen LogP contribution in [-0.2, 0) is 11.3 Å². The van der Waals surface area contributed by atoms with Crippen LogP contribution in [0.15, 0.2) is 29.3 Å². The predicted molar refractivity (Wildman–Crippen MR) is 105 cm³/mol. The van der Waals surface area contributed by atoms with E-state index in [-0.39, 0.29) is 11.9 Å². The summed E-state index contributed by atoms with van der Waals surface area (Å²) in [6.45, 7) is 5.46. The van der Waals surface area contributed by atoms with Crippen molar-refractivity contribution >= 4 is 35.3 Å². The van der Waals surface area contributed by atoms with E-state index >= 15 is 0 Å². The molecule has 1 fully saturated rings. The molecule has 2 aliphatic rings. The maximum atomic E-state index is 12.9. The van der Waals surface area contributed by atoms with Gasteiger partial charge in [-0.25, -0.2) is 9.37 Å². The number of hydrogen-bond donors (Lipinski definition) is 1. The van der Waals surface area contributed by atoms with Crippen molar-refractivity contribution in [2.24, 2.45) is 10.9 Å². The van der Waals surface area contributed by atoms with Crippen LogP contribution >= 0.6 is 11.6 Å². The molecule has 2 aliphatic heterocycles. The third kappa shape index (κ3) is 3.69. The topological polar surface area (TPSA) is 68.0 Å². The van der Waals surface area contributed by atoms with Gasteiger partial charge in [0, 0.05) is 24.7 Å². The summed E-state index contributed by atoms with van der Waals surface area (Å²) >= 11 is 6.33. The van der Waals surface area contributed by atoms with Gasteiger partial charge in [0.05, 0.1) is 13.1 Å². The molecule has 0 aliphatic carbocycles. The van der Waals surface area contributed by atoms with Crippen molar-refractivity contribution in [3.63, 3.8) is 0 Å². The third-order valence-corrected chi connectivity index (χ3v) is 5.20. The SMILES string of the molecule is CC(C)CCNC1=[N+](Cc2ccccc2Cl)C2C(=O)N(C)C(=O)N(C)C2=N1. The summed E-state index contributed by atoms with van der Waals surface area (Å²) in [4.78, 5) is 32.3. The van der Waals surface area contributed by atoms with E-state index in [1.807, 2.05) is 28.8 Å². The van der Waals surface area contributed by atoms with Gasteiger partial charge in [0.15, 0.2) is 0 Å². The van der Waals surface area contributed by atoms with Crippen LogP contribution in [0.3, 0.4) is 0 Å². The second kappa shape index (κ2) is 7.68. The van der Waals surface area contributed by atoms with Gasteiger partial charge >= 0.3 is 12.0 Å². The van der Waals surface area contributed by atoms with Gasteiger partial charge in [-0.2, -0.15) is 0 Å². The Balaban J connectivity index is 1.97. The van der Waals surface area contributed by atoms with Crippen molar-refractivity contribution in [3.8, 4) is 0 Å². The highest BCUT2D eigenvalue weighted by atomic mass is 35.5. The lowest BCUT2D eigenvalue weighted by Crippen LogP contribution is -2.61. The Bertz CT molecular complexity index is 833. The van der Waals surface area contributed by atoms with Crippen LogP contribution in [0.25, 0.3) is 0 Å². The predicted octanol–water partition coefficient (Wildman–Crippen LogP) is 2.15. The number of fused-ring (bicyclic) bond motifs is 1. The lowest BCUT2D eigenvalue weighted by atomic mass is 10.1. The summed E-state index contributed by atoms with van der Waals surface area (Å²) in [5.74, 6) is 1.30. The molecule has 7 nitrogen and oxygen atoms in total. The van der Waals surface area contributed by atoms with Crippen molar-refractivity contribution in [1.29, 1.82) is 0 Å². The summed E-state index contributed by atoms with van der Waals surface area (Å²) in [5.41, 5.74) is 0.897. The monoisotopic (exact) mass is 390 g/mol. The number of nitrogens with zero attached hydrogens (tertiary/aromatic N) is 4. The standard InChI is InChI=1S/C19H24ClN5O2/c1-12(2)9-10-21-18-22-16-15(17(26)24(4)19(27)23(16)3)25(18)11-13-7-5-6-8-14(13)20/h5-8,12,15H,9-11H2,1-4H3/p+1. The quantitative estimate of drug-likeness (QED) is 0.783. The van der Waals surface area contributed by atoms with Crippen LogP contribution in [0.2, 0.25) is 5.02 Å². The van der Waals surface area contributed by atoms with Crippen molar-refractivity contribution in [1.82, 2.24) is 15.1 Å². The zero-order valence-corrected chi connectivity index (χ0v) is 16.8. The van der Waals surface area contributed by atoms with Crippen LogP contribution in [0.4, 0.5) is 4.79 Å². The summed E-state index contributed by atoms with van der Waals surface area (Å²) in [7, 11) is 3.14. The second-order valence-electron chi connectivity index (χ2n) is 7.26. The fourth-order valence-electron chi connectivity index (χ4n) is 3.19. The number of hydrogen-bond acceptors (Lipinski definition) is 4. The summed E-state index contributed by atoms with van der Waals surface area (Å²) in [6.07, 6.45) is 0.974. The number of amides is 3. The molecule has 0 aromatic heterocycles.